The first-order valence-corrected chi connectivity index (χ1v) is 6.62. The van der Waals surface area contributed by atoms with E-state index in [-0.39, 0.29) is 0 Å². The Kier molecular flexibility index (Phi) is 4.65. The van der Waals surface area contributed by atoms with Gasteiger partial charge in [-0.15, -0.1) is 0 Å². The first-order chi connectivity index (χ1) is 8.75. The van der Waals surface area contributed by atoms with Crippen LogP contribution >= 0.6 is 15.9 Å². The summed E-state index contributed by atoms with van der Waals surface area (Å²) in [5.74, 6) is 1.72. The number of hydrogen-bond donors (Lipinski definition) is 0. The van der Waals surface area contributed by atoms with Gasteiger partial charge in [0.1, 0.15) is 24.7 Å². The topological polar surface area (TPSA) is 18.5 Å². The minimum atomic E-state index is 0.524. The molecule has 0 aliphatic carbocycles. The second-order valence-corrected chi connectivity index (χ2v) is 4.80. The largest absolute Gasteiger partial charge is 0.490 e. The van der Waals surface area contributed by atoms with Crippen molar-refractivity contribution in [2.45, 2.75) is 6.92 Å². The molecule has 0 aliphatic rings. The fourth-order valence-corrected chi connectivity index (χ4v) is 1.98. The second-order valence-electron chi connectivity index (χ2n) is 3.94. The van der Waals surface area contributed by atoms with Crippen LogP contribution in [-0.4, -0.2) is 13.2 Å². The van der Waals surface area contributed by atoms with E-state index in [9.17, 15) is 0 Å². The summed E-state index contributed by atoms with van der Waals surface area (Å²) in [6, 6.07) is 15.8. The highest BCUT2D eigenvalue weighted by Crippen LogP contribution is 2.23. The smallest absolute Gasteiger partial charge is 0.133 e. The predicted octanol–water partition coefficient (Wildman–Crippen LogP) is 4.22. The molecule has 2 aromatic rings. The molecule has 0 heterocycles. The van der Waals surface area contributed by atoms with Gasteiger partial charge in [-0.2, -0.15) is 0 Å². The maximum Gasteiger partial charge on any atom is 0.133 e. The zero-order valence-corrected chi connectivity index (χ0v) is 11.8. The summed E-state index contributed by atoms with van der Waals surface area (Å²) in [5.41, 5.74) is 1.19. The molecule has 0 aromatic heterocycles. The molecule has 0 aliphatic heterocycles. The Bertz CT molecular complexity index is 511. The minimum Gasteiger partial charge on any atom is -0.490 e. The monoisotopic (exact) mass is 306 g/mol. The molecule has 3 heteroatoms. The van der Waals surface area contributed by atoms with Crippen LogP contribution in [0, 0.1) is 6.92 Å². The molecule has 0 atom stereocenters. The summed E-state index contributed by atoms with van der Waals surface area (Å²) in [6.45, 7) is 3.10. The maximum absolute atomic E-state index is 5.62. The second kappa shape index (κ2) is 6.45. The van der Waals surface area contributed by atoms with E-state index in [1.54, 1.807) is 0 Å². The number of ether oxygens (including phenoxy) is 2. The third kappa shape index (κ3) is 3.77. The van der Waals surface area contributed by atoms with Crippen molar-refractivity contribution in [1.29, 1.82) is 0 Å². The first-order valence-electron chi connectivity index (χ1n) is 5.82. The van der Waals surface area contributed by atoms with Crippen LogP contribution in [0.15, 0.2) is 53.0 Å². The third-order valence-electron chi connectivity index (χ3n) is 2.44. The highest BCUT2D eigenvalue weighted by molar-refractivity contribution is 9.10. The van der Waals surface area contributed by atoms with Gasteiger partial charge in [-0.3, -0.25) is 0 Å². The normalized spacial score (nSPS) is 10.1. The molecule has 0 saturated heterocycles. The number of hydrogen-bond acceptors (Lipinski definition) is 2. The standard InChI is InChI=1S/C15H15BrO2/c1-12-5-4-6-13(11-12)17-9-10-18-15-8-3-2-7-14(15)16/h2-8,11H,9-10H2,1H3. The van der Waals surface area contributed by atoms with Gasteiger partial charge in [0.25, 0.3) is 0 Å². The Balaban J connectivity index is 1.78. The van der Waals surface area contributed by atoms with Crippen LogP contribution in [0.1, 0.15) is 5.56 Å². The summed E-state index contributed by atoms with van der Waals surface area (Å²) < 4.78 is 12.2. The zero-order chi connectivity index (χ0) is 12.8. The highest BCUT2D eigenvalue weighted by atomic mass is 79.9. The van der Waals surface area contributed by atoms with Gasteiger partial charge in [0.15, 0.2) is 0 Å². The molecule has 18 heavy (non-hydrogen) atoms. The summed E-state index contributed by atoms with van der Waals surface area (Å²) in [5, 5.41) is 0. The summed E-state index contributed by atoms with van der Waals surface area (Å²) in [6.07, 6.45) is 0. The number of benzene rings is 2. The Morgan fingerprint density at radius 2 is 1.72 bits per heavy atom. The molecule has 0 bridgehead atoms. The van der Waals surface area contributed by atoms with Crippen molar-refractivity contribution in [2.24, 2.45) is 0 Å². The highest BCUT2D eigenvalue weighted by Gasteiger charge is 1.99. The molecular formula is C15H15BrO2. The fourth-order valence-electron chi connectivity index (χ4n) is 1.58. The van der Waals surface area contributed by atoms with Gasteiger partial charge in [-0.05, 0) is 52.7 Å². The maximum atomic E-state index is 5.62. The van der Waals surface area contributed by atoms with Crippen LogP contribution in [0.2, 0.25) is 0 Å². The zero-order valence-electron chi connectivity index (χ0n) is 10.2. The van der Waals surface area contributed by atoms with E-state index in [0.717, 1.165) is 16.0 Å². The lowest BCUT2D eigenvalue weighted by Gasteiger charge is -2.09. The van der Waals surface area contributed by atoms with Crippen LogP contribution in [0.4, 0.5) is 0 Å². The molecule has 0 N–H and O–H groups in total. The quantitative estimate of drug-likeness (QED) is 0.770. The molecule has 0 amide bonds. The molecular weight excluding hydrogens is 292 g/mol. The molecule has 0 fully saturated rings. The number of rotatable bonds is 5. The van der Waals surface area contributed by atoms with E-state index in [4.69, 9.17) is 9.47 Å². The number of para-hydroxylation sites is 1. The molecule has 2 nitrogen and oxygen atoms in total. The van der Waals surface area contributed by atoms with Crippen LogP contribution in [-0.2, 0) is 0 Å². The van der Waals surface area contributed by atoms with Gasteiger partial charge in [0.05, 0.1) is 4.47 Å². The van der Waals surface area contributed by atoms with Crippen molar-refractivity contribution in [2.75, 3.05) is 13.2 Å². The van der Waals surface area contributed by atoms with E-state index in [2.05, 4.69) is 15.9 Å². The Labute approximate surface area is 116 Å². The van der Waals surface area contributed by atoms with Gasteiger partial charge in [0.2, 0.25) is 0 Å². The molecule has 0 unspecified atom stereocenters. The van der Waals surface area contributed by atoms with Gasteiger partial charge >= 0.3 is 0 Å². The minimum absolute atomic E-state index is 0.524. The van der Waals surface area contributed by atoms with Crippen molar-refractivity contribution in [3.8, 4) is 11.5 Å². The van der Waals surface area contributed by atoms with Crippen molar-refractivity contribution in [3.05, 3.63) is 58.6 Å². The Morgan fingerprint density at radius 1 is 0.944 bits per heavy atom. The average Bonchev–Trinajstić information content (AvgIpc) is 2.37. The Morgan fingerprint density at radius 3 is 2.50 bits per heavy atom. The molecule has 0 saturated carbocycles. The van der Waals surface area contributed by atoms with Crippen molar-refractivity contribution >= 4 is 15.9 Å². The van der Waals surface area contributed by atoms with E-state index in [1.165, 1.54) is 5.56 Å². The fraction of sp³-hybridized carbons (Fsp3) is 0.200. The van der Waals surface area contributed by atoms with E-state index >= 15 is 0 Å². The molecule has 2 aromatic carbocycles. The van der Waals surface area contributed by atoms with Crippen LogP contribution in [0.3, 0.4) is 0 Å². The van der Waals surface area contributed by atoms with Gasteiger partial charge < -0.3 is 9.47 Å². The molecule has 2 rings (SSSR count). The van der Waals surface area contributed by atoms with Crippen LogP contribution in [0.25, 0.3) is 0 Å². The summed E-state index contributed by atoms with van der Waals surface area (Å²) >= 11 is 3.44. The number of aryl methyl sites for hydroxylation is 1. The lowest BCUT2D eigenvalue weighted by Crippen LogP contribution is -2.09. The Hall–Kier alpha value is -1.48. The first kappa shape index (κ1) is 13.0. The lowest BCUT2D eigenvalue weighted by atomic mass is 10.2. The number of halogens is 1. The lowest BCUT2D eigenvalue weighted by molar-refractivity contribution is 0.216. The van der Waals surface area contributed by atoms with Gasteiger partial charge in [0, 0.05) is 0 Å². The molecule has 0 radical (unpaired) electrons. The van der Waals surface area contributed by atoms with Crippen LogP contribution in [0.5, 0.6) is 11.5 Å². The van der Waals surface area contributed by atoms with E-state index in [0.29, 0.717) is 13.2 Å². The van der Waals surface area contributed by atoms with Crippen molar-refractivity contribution in [1.82, 2.24) is 0 Å². The average molecular weight is 307 g/mol. The molecule has 94 valence electrons. The SMILES string of the molecule is Cc1cccc(OCCOc2ccccc2Br)c1. The van der Waals surface area contributed by atoms with E-state index in [1.807, 2.05) is 55.5 Å². The summed E-state index contributed by atoms with van der Waals surface area (Å²) in [4.78, 5) is 0. The molecule has 0 spiro atoms. The van der Waals surface area contributed by atoms with Gasteiger partial charge in [-0.25, -0.2) is 0 Å². The predicted molar refractivity (Wildman–Crippen MR) is 76.3 cm³/mol. The van der Waals surface area contributed by atoms with Crippen molar-refractivity contribution < 1.29 is 9.47 Å². The van der Waals surface area contributed by atoms with Crippen LogP contribution < -0.4 is 9.47 Å². The van der Waals surface area contributed by atoms with Gasteiger partial charge in [-0.1, -0.05) is 24.3 Å². The third-order valence-corrected chi connectivity index (χ3v) is 3.09. The van der Waals surface area contributed by atoms with Crippen molar-refractivity contribution in [3.63, 3.8) is 0 Å². The van der Waals surface area contributed by atoms with E-state index < -0.39 is 0 Å². The summed E-state index contributed by atoms with van der Waals surface area (Å²) in [7, 11) is 0.